The Bertz CT molecular complexity index is 476. The first-order valence-corrected chi connectivity index (χ1v) is 5.37. The summed E-state index contributed by atoms with van der Waals surface area (Å²) in [6, 6.07) is 0. The van der Waals surface area contributed by atoms with Crippen LogP contribution in [0.15, 0.2) is 6.33 Å². The molecule has 1 unspecified atom stereocenters. The number of alkyl halides is 3. The first-order valence-electron chi connectivity index (χ1n) is 5.37. The Morgan fingerprint density at radius 2 is 2.05 bits per heavy atom. The summed E-state index contributed by atoms with van der Waals surface area (Å²) < 4.78 is 43.8. The average Bonchev–Trinajstić information content (AvgIpc) is 2.86. The fraction of sp³-hybridized carbons (Fsp3) is 0.667. The normalized spacial score (nSPS) is 14.4. The number of halogens is 3. The first kappa shape index (κ1) is 15.9. The highest BCUT2D eigenvalue weighted by Crippen LogP contribution is 2.31. The van der Waals surface area contributed by atoms with Gasteiger partial charge in [0.25, 0.3) is 0 Å². The molecule has 0 aliphatic rings. The lowest BCUT2D eigenvalue weighted by Crippen LogP contribution is -2.62. The van der Waals surface area contributed by atoms with E-state index in [1.165, 1.54) is 11.0 Å². The number of aromatic nitrogens is 4. The second kappa shape index (κ2) is 5.84. The molecule has 0 saturated heterocycles. The third-order valence-corrected chi connectivity index (χ3v) is 2.51. The van der Waals surface area contributed by atoms with Crippen molar-refractivity contribution in [3.05, 3.63) is 6.33 Å². The highest BCUT2D eigenvalue weighted by molar-refractivity contribution is 5.88. The van der Waals surface area contributed by atoms with Crippen LogP contribution in [-0.4, -0.2) is 50.9 Å². The molecule has 1 rings (SSSR count). The van der Waals surface area contributed by atoms with Crippen LogP contribution in [0, 0.1) is 0 Å². The van der Waals surface area contributed by atoms with E-state index in [9.17, 15) is 22.8 Å². The molecule has 0 aliphatic carbocycles. The molecule has 1 aromatic rings. The minimum absolute atomic E-state index is 0.0199. The van der Waals surface area contributed by atoms with E-state index < -0.39 is 23.6 Å². The maximum atomic E-state index is 12.9. The number of hydrogen-bond donors (Lipinski definition) is 1. The summed E-state index contributed by atoms with van der Waals surface area (Å²) in [4.78, 5) is 22.8. The molecule has 1 heterocycles. The number of tetrazole rings is 1. The number of nitrogens with one attached hydrogen (secondary N) is 1. The lowest BCUT2D eigenvalue weighted by Gasteiger charge is -2.29. The van der Waals surface area contributed by atoms with E-state index in [1.54, 1.807) is 5.32 Å². The SMILES string of the molecule is COC(=O)C(C)(NC(=O)CCn1cnnn1)C(F)(F)F. The van der Waals surface area contributed by atoms with Crippen LogP contribution in [0.3, 0.4) is 0 Å². The molecular weight excluding hydrogens is 283 g/mol. The van der Waals surface area contributed by atoms with Gasteiger partial charge in [-0.3, -0.25) is 4.79 Å². The van der Waals surface area contributed by atoms with Crippen molar-refractivity contribution in [1.82, 2.24) is 25.5 Å². The van der Waals surface area contributed by atoms with Gasteiger partial charge in [0.2, 0.25) is 11.4 Å². The molecule has 0 aromatic carbocycles. The summed E-state index contributed by atoms with van der Waals surface area (Å²) in [6.07, 6.45) is -4.10. The van der Waals surface area contributed by atoms with Gasteiger partial charge in [-0.15, -0.1) is 5.10 Å². The molecule has 1 N–H and O–H groups in total. The molecule has 11 heteroatoms. The topological polar surface area (TPSA) is 99.0 Å². The van der Waals surface area contributed by atoms with E-state index in [2.05, 4.69) is 20.3 Å². The Hall–Kier alpha value is -2.20. The second-order valence-corrected chi connectivity index (χ2v) is 3.99. The molecule has 1 atom stereocenters. The van der Waals surface area contributed by atoms with E-state index in [1.807, 2.05) is 0 Å². The van der Waals surface area contributed by atoms with Gasteiger partial charge < -0.3 is 10.1 Å². The number of amides is 1. The molecule has 0 saturated carbocycles. The minimum Gasteiger partial charge on any atom is -0.467 e. The summed E-state index contributed by atoms with van der Waals surface area (Å²) in [5, 5.41) is 11.7. The number of rotatable bonds is 5. The Labute approximate surface area is 111 Å². The molecule has 20 heavy (non-hydrogen) atoms. The van der Waals surface area contributed by atoms with Crippen molar-refractivity contribution in [3.8, 4) is 0 Å². The predicted molar refractivity (Wildman–Crippen MR) is 57.1 cm³/mol. The number of ether oxygens (including phenoxy) is 1. The lowest BCUT2D eigenvalue weighted by atomic mass is 10.0. The first-order chi connectivity index (χ1) is 9.20. The summed E-state index contributed by atoms with van der Waals surface area (Å²) in [5.74, 6) is -2.58. The van der Waals surface area contributed by atoms with Crippen LogP contribution in [0.4, 0.5) is 13.2 Å². The number of nitrogens with zero attached hydrogens (tertiary/aromatic N) is 4. The summed E-state index contributed by atoms with van der Waals surface area (Å²) in [5.41, 5.74) is -3.10. The van der Waals surface area contributed by atoms with Gasteiger partial charge in [0.05, 0.1) is 13.7 Å². The quantitative estimate of drug-likeness (QED) is 0.747. The average molecular weight is 295 g/mol. The molecule has 0 aliphatic heterocycles. The van der Waals surface area contributed by atoms with Gasteiger partial charge in [-0.05, 0) is 17.4 Å². The molecular formula is C9H12F3N5O3. The molecule has 1 aromatic heterocycles. The van der Waals surface area contributed by atoms with Crippen LogP contribution in [0.25, 0.3) is 0 Å². The zero-order valence-electron chi connectivity index (χ0n) is 10.6. The van der Waals surface area contributed by atoms with Gasteiger partial charge in [-0.25, -0.2) is 9.48 Å². The molecule has 0 spiro atoms. The summed E-state index contributed by atoms with van der Waals surface area (Å²) in [6.45, 7) is 0.516. The number of carbonyl (C=O) groups is 2. The highest BCUT2D eigenvalue weighted by Gasteiger charge is 2.59. The van der Waals surface area contributed by atoms with Crippen LogP contribution in [-0.2, 0) is 20.9 Å². The van der Waals surface area contributed by atoms with Crippen molar-refractivity contribution in [2.75, 3.05) is 7.11 Å². The Morgan fingerprint density at radius 1 is 1.40 bits per heavy atom. The van der Waals surface area contributed by atoms with Crippen molar-refractivity contribution in [2.24, 2.45) is 0 Å². The number of hydrogen-bond acceptors (Lipinski definition) is 6. The number of esters is 1. The number of aryl methyl sites for hydroxylation is 1. The van der Waals surface area contributed by atoms with Crippen molar-refractivity contribution in [3.63, 3.8) is 0 Å². The maximum absolute atomic E-state index is 12.9. The fourth-order valence-electron chi connectivity index (χ4n) is 1.28. The van der Waals surface area contributed by atoms with Crippen LogP contribution in [0.5, 0.6) is 0 Å². The molecule has 8 nitrogen and oxygen atoms in total. The largest absolute Gasteiger partial charge is 0.467 e. The van der Waals surface area contributed by atoms with Crippen molar-refractivity contribution in [1.29, 1.82) is 0 Å². The molecule has 0 radical (unpaired) electrons. The van der Waals surface area contributed by atoms with Crippen LogP contribution in [0.2, 0.25) is 0 Å². The zero-order valence-corrected chi connectivity index (χ0v) is 10.6. The van der Waals surface area contributed by atoms with Gasteiger partial charge in [0, 0.05) is 6.42 Å². The van der Waals surface area contributed by atoms with Crippen molar-refractivity contribution < 1.29 is 27.5 Å². The Morgan fingerprint density at radius 3 is 2.50 bits per heavy atom. The third kappa shape index (κ3) is 3.42. The fourth-order valence-corrected chi connectivity index (χ4v) is 1.28. The molecule has 0 fully saturated rings. The third-order valence-electron chi connectivity index (χ3n) is 2.51. The van der Waals surface area contributed by atoms with Gasteiger partial charge in [-0.2, -0.15) is 13.2 Å². The van der Waals surface area contributed by atoms with E-state index >= 15 is 0 Å². The molecule has 112 valence electrons. The maximum Gasteiger partial charge on any atom is 0.422 e. The Kier molecular flexibility index (Phi) is 4.63. The van der Waals surface area contributed by atoms with Crippen LogP contribution < -0.4 is 5.32 Å². The minimum atomic E-state index is -4.98. The van der Waals surface area contributed by atoms with Gasteiger partial charge in [0.15, 0.2) is 0 Å². The Balaban J connectivity index is 2.70. The zero-order chi connectivity index (χ0) is 15.4. The van der Waals surface area contributed by atoms with Crippen LogP contribution >= 0.6 is 0 Å². The van der Waals surface area contributed by atoms with Crippen LogP contribution in [0.1, 0.15) is 13.3 Å². The molecule has 1 amide bonds. The monoisotopic (exact) mass is 295 g/mol. The smallest absolute Gasteiger partial charge is 0.422 e. The van der Waals surface area contributed by atoms with Gasteiger partial charge in [0.1, 0.15) is 6.33 Å². The standard InChI is InChI=1S/C9H12F3N5O3/c1-8(7(19)20-2,9(10,11)12)14-6(18)3-4-17-5-13-15-16-17/h5H,3-4H2,1-2H3,(H,14,18). The second-order valence-electron chi connectivity index (χ2n) is 3.99. The highest BCUT2D eigenvalue weighted by atomic mass is 19.4. The van der Waals surface area contributed by atoms with E-state index in [4.69, 9.17) is 0 Å². The van der Waals surface area contributed by atoms with E-state index in [-0.39, 0.29) is 13.0 Å². The predicted octanol–water partition coefficient (Wildman–Crippen LogP) is -0.327. The van der Waals surface area contributed by atoms with E-state index in [0.29, 0.717) is 6.92 Å². The summed E-state index contributed by atoms with van der Waals surface area (Å²) in [7, 11) is 0.805. The lowest BCUT2D eigenvalue weighted by molar-refractivity contribution is -0.209. The number of carbonyl (C=O) groups excluding carboxylic acids is 2. The summed E-state index contributed by atoms with van der Waals surface area (Å²) >= 11 is 0. The van der Waals surface area contributed by atoms with Gasteiger partial charge >= 0.3 is 12.1 Å². The van der Waals surface area contributed by atoms with Gasteiger partial charge in [-0.1, -0.05) is 0 Å². The van der Waals surface area contributed by atoms with Crippen molar-refractivity contribution in [2.45, 2.75) is 31.6 Å². The van der Waals surface area contributed by atoms with E-state index in [0.717, 1.165) is 7.11 Å². The van der Waals surface area contributed by atoms with Crippen molar-refractivity contribution >= 4 is 11.9 Å². The number of methoxy groups -OCH3 is 1. The molecule has 0 bridgehead atoms.